The molecule has 128 valence electrons. The van der Waals surface area contributed by atoms with Gasteiger partial charge < -0.3 is 13.9 Å². The summed E-state index contributed by atoms with van der Waals surface area (Å²) in [6, 6.07) is 11.2. The number of aromatic nitrogens is 3. The maximum absolute atomic E-state index is 12.5. The van der Waals surface area contributed by atoms with Gasteiger partial charge >= 0.3 is 0 Å². The Morgan fingerprint density at radius 2 is 1.92 bits per heavy atom. The minimum absolute atomic E-state index is 0.0874. The standard InChI is InChI=1S/C18H18N4O3/c1-11(2)16-19-17(25-21-16)13-9-22(10-13)18(23)14-8-15(24-20-14)12-6-4-3-5-7-12/h3-8,11,13H,9-10H2,1-2H3. The molecule has 25 heavy (non-hydrogen) atoms. The van der Waals surface area contributed by atoms with Crippen LogP contribution in [0.2, 0.25) is 0 Å². The Labute approximate surface area is 144 Å². The van der Waals surface area contributed by atoms with Crippen molar-refractivity contribution in [3.8, 4) is 11.3 Å². The Bertz CT molecular complexity index is 879. The Hall–Kier alpha value is -2.96. The Kier molecular flexibility index (Phi) is 3.83. The maximum Gasteiger partial charge on any atom is 0.276 e. The summed E-state index contributed by atoms with van der Waals surface area (Å²) < 4.78 is 10.6. The van der Waals surface area contributed by atoms with E-state index >= 15 is 0 Å². The number of likely N-dealkylation sites (tertiary alicyclic amines) is 1. The first kappa shape index (κ1) is 15.6. The first-order valence-electron chi connectivity index (χ1n) is 8.26. The van der Waals surface area contributed by atoms with E-state index < -0.39 is 0 Å². The molecule has 3 heterocycles. The second kappa shape index (κ2) is 6.16. The molecule has 1 amide bonds. The van der Waals surface area contributed by atoms with Crippen LogP contribution in [-0.4, -0.2) is 39.2 Å². The minimum atomic E-state index is -0.147. The first-order valence-corrected chi connectivity index (χ1v) is 8.26. The smallest absolute Gasteiger partial charge is 0.276 e. The van der Waals surface area contributed by atoms with Gasteiger partial charge in [0.1, 0.15) is 0 Å². The third kappa shape index (κ3) is 2.93. The molecule has 7 heteroatoms. The molecule has 0 bridgehead atoms. The van der Waals surface area contributed by atoms with Crippen molar-refractivity contribution in [1.82, 2.24) is 20.2 Å². The summed E-state index contributed by atoms with van der Waals surface area (Å²) in [5.41, 5.74) is 1.20. The van der Waals surface area contributed by atoms with Gasteiger partial charge in [-0.1, -0.05) is 54.5 Å². The topological polar surface area (TPSA) is 85.3 Å². The van der Waals surface area contributed by atoms with Gasteiger partial charge in [0, 0.05) is 30.6 Å². The third-order valence-corrected chi connectivity index (χ3v) is 4.28. The number of rotatable bonds is 4. The fourth-order valence-electron chi connectivity index (χ4n) is 2.72. The van der Waals surface area contributed by atoms with Crippen molar-refractivity contribution in [3.05, 3.63) is 53.8 Å². The third-order valence-electron chi connectivity index (χ3n) is 4.28. The molecule has 0 radical (unpaired) electrons. The van der Waals surface area contributed by atoms with E-state index in [1.807, 2.05) is 44.2 Å². The second-order valence-electron chi connectivity index (χ2n) is 6.50. The van der Waals surface area contributed by atoms with Crippen molar-refractivity contribution in [2.75, 3.05) is 13.1 Å². The molecular formula is C18H18N4O3. The lowest BCUT2D eigenvalue weighted by Gasteiger charge is -2.36. The van der Waals surface area contributed by atoms with Gasteiger partial charge in [0.25, 0.3) is 5.91 Å². The number of amides is 1. The number of benzene rings is 1. The number of carbonyl (C=O) groups excluding carboxylic acids is 1. The molecule has 1 aromatic carbocycles. The average molecular weight is 338 g/mol. The van der Waals surface area contributed by atoms with Gasteiger partial charge in [-0.15, -0.1) is 0 Å². The lowest BCUT2D eigenvalue weighted by molar-refractivity contribution is 0.0558. The van der Waals surface area contributed by atoms with Crippen LogP contribution in [0, 0.1) is 0 Å². The van der Waals surface area contributed by atoms with Crippen LogP contribution in [0.5, 0.6) is 0 Å². The van der Waals surface area contributed by atoms with Crippen LogP contribution in [0.15, 0.2) is 45.4 Å². The average Bonchev–Trinajstić information content (AvgIpc) is 3.24. The Morgan fingerprint density at radius 1 is 1.16 bits per heavy atom. The van der Waals surface area contributed by atoms with Crippen LogP contribution >= 0.6 is 0 Å². The Balaban J connectivity index is 1.41. The van der Waals surface area contributed by atoms with Gasteiger partial charge in [0.2, 0.25) is 5.89 Å². The quantitative estimate of drug-likeness (QED) is 0.727. The van der Waals surface area contributed by atoms with E-state index in [9.17, 15) is 4.79 Å². The molecule has 0 spiro atoms. The van der Waals surface area contributed by atoms with Crippen LogP contribution < -0.4 is 0 Å². The van der Waals surface area contributed by atoms with Gasteiger partial charge in [-0.2, -0.15) is 4.98 Å². The molecule has 0 atom stereocenters. The normalized spacial score (nSPS) is 14.8. The summed E-state index contributed by atoms with van der Waals surface area (Å²) >= 11 is 0. The molecule has 0 N–H and O–H groups in total. The zero-order valence-corrected chi connectivity index (χ0v) is 14.0. The number of hydrogen-bond acceptors (Lipinski definition) is 6. The summed E-state index contributed by atoms with van der Waals surface area (Å²) in [5, 5.41) is 7.87. The lowest BCUT2D eigenvalue weighted by atomic mass is 9.99. The molecular weight excluding hydrogens is 320 g/mol. The molecule has 1 aliphatic rings. The van der Waals surface area contributed by atoms with Gasteiger partial charge in [0.05, 0.1) is 5.92 Å². The van der Waals surface area contributed by atoms with Crippen molar-refractivity contribution in [2.24, 2.45) is 0 Å². The number of hydrogen-bond donors (Lipinski definition) is 0. The summed E-state index contributed by atoms with van der Waals surface area (Å²) in [7, 11) is 0. The van der Waals surface area contributed by atoms with Crippen LogP contribution in [-0.2, 0) is 0 Å². The molecule has 0 aliphatic carbocycles. The van der Waals surface area contributed by atoms with Crippen molar-refractivity contribution in [3.63, 3.8) is 0 Å². The van der Waals surface area contributed by atoms with E-state index in [0.29, 0.717) is 36.3 Å². The zero-order valence-electron chi connectivity index (χ0n) is 14.0. The van der Waals surface area contributed by atoms with Crippen molar-refractivity contribution < 1.29 is 13.8 Å². The van der Waals surface area contributed by atoms with Crippen LogP contribution in [0.25, 0.3) is 11.3 Å². The molecule has 1 fully saturated rings. The highest BCUT2D eigenvalue weighted by Gasteiger charge is 2.37. The number of nitrogens with zero attached hydrogens (tertiary/aromatic N) is 4. The van der Waals surface area contributed by atoms with Crippen molar-refractivity contribution in [1.29, 1.82) is 0 Å². The van der Waals surface area contributed by atoms with Crippen LogP contribution in [0.4, 0.5) is 0 Å². The van der Waals surface area contributed by atoms with Gasteiger partial charge in [0.15, 0.2) is 17.3 Å². The van der Waals surface area contributed by atoms with E-state index in [4.69, 9.17) is 9.05 Å². The lowest BCUT2D eigenvalue weighted by Crippen LogP contribution is -2.48. The zero-order chi connectivity index (χ0) is 17.4. The molecule has 4 rings (SSSR count). The van der Waals surface area contributed by atoms with Crippen LogP contribution in [0.3, 0.4) is 0 Å². The van der Waals surface area contributed by atoms with E-state index in [1.165, 1.54) is 0 Å². The van der Waals surface area contributed by atoms with Gasteiger partial charge in [-0.3, -0.25) is 4.79 Å². The molecule has 0 saturated carbocycles. The summed E-state index contributed by atoms with van der Waals surface area (Å²) in [6.07, 6.45) is 0. The predicted molar refractivity (Wildman–Crippen MR) is 89.0 cm³/mol. The monoisotopic (exact) mass is 338 g/mol. The fourth-order valence-corrected chi connectivity index (χ4v) is 2.72. The molecule has 3 aromatic rings. The van der Waals surface area contributed by atoms with Crippen molar-refractivity contribution in [2.45, 2.75) is 25.7 Å². The van der Waals surface area contributed by atoms with E-state index in [0.717, 1.165) is 5.56 Å². The molecule has 7 nitrogen and oxygen atoms in total. The highest BCUT2D eigenvalue weighted by atomic mass is 16.5. The van der Waals surface area contributed by atoms with E-state index in [1.54, 1.807) is 11.0 Å². The minimum Gasteiger partial charge on any atom is -0.355 e. The van der Waals surface area contributed by atoms with E-state index in [2.05, 4.69) is 15.3 Å². The summed E-state index contributed by atoms with van der Waals surface area (Å²) in [6.45, 7) is 5.12. The molecule has 2 aromatic heterocycles. The highest BCUT2D eigenvalue weighted by molar-refractivity contribution is 5.93. The largest absolute Gasteiger partial charge is 0.355 e. The summed E-state index contributed by atoms with van der Waals surface area (Å²) in [5.74, 6) is 2.04. The van der Waals surface area contributed by atoms with Gasteiger partial charge in [-0.05, 0) is 0 Å². The van der Waals surface area contributed by atoms with Gasteiger partial charge in [-0.25, -0.2) is 0 Å². The van der Waals surface area contributed by atoms with Crippen LogP contribution in [0.1, 0.15) is 47.9 Å². The Morgan fingerprint density at radius 3 is 2.60 bits per heavy atom. The first-order chi connectivity index (χ1) is 12.1. The van der Waals surface area contributed by atoms with E-state index in [-0.39, 0.29) is 17.7 Å². The highest BCUT2D eigenvalue weighted by Crippen LogP contribution is 2.29. The fraction of sp³-hybridized carbons (Fsp3) is 0.333. The van der Waals surface area contributed by atoms with Crippen molar-refractivity contribution >= 4 is 5.91 Å². The second-order valence-corrected chi connectivity index (χ2v) is 6.50. The molecule has 1 aliphatic heterocycles. The molecule has 0 unspecified atom stereocenters. The SMILES string of the molecule is CC(C)c1noc(C2CN(C(=O)c3cc(-c4ccccc4)on3)C2)n1. The predicted octanol–water partition coefficient (Wildman–Crippen LogP) is 3.09. The summed E-state index contributed by atoms with van der Waals surface area (Å²) in [4.78, 5) is 18.6. The number of carbonyl (C=O) groups is 1. The maximum atomic E-state index is 12.5. The molecule has 1 saturated heterocycles.